The molecule has 6 nitrogen and oxygen atoms in total. The van der Waals surface area contributed by atoms with Crippen LogP contribution in [-0.4, -0.2) is 56.1 Å². The topological polar surface area (TPSA) is 61.9 Å². The number of nitrogens with zero attached hydrogens (tertiary/aromatic N) is 2. The third-order valence-electron chi connectivity index (χ3n) is 4.69. The molecule has 8 heteroatoms. The van der Waals surface area contributed by atoms with Crippen LogP contribution in [0.2, 0.25) is 5.02 Å². The van der Waals surface area contributed by atoms with Crippen molar-refractivity contribution >= 4 is 34.8 Å². The first-order valence-corrected chi connectivity index (χ1v) is 9.82. The van der Waals surface area contributed by atoms with Crippen LogP contribution in [0.25, 0.3) is 0 Å². The Labute approximate surface area is 174 Å². The first-order valence-electron chi connectivity index (χ1n) is 9.45. The van der Waals surface area contributed by atoms with E-state index in [1.54, 1.807) is 6.92 Å². The molecule has 29 heavy (non-hydrogen) atoms. The van der Waals surface area contributed by atoms with Gasteiger partial charge in [-0.1, -0.05) is 11.6 Å². The van der Waals surface area contributed by atoms with Crippen LogP contribution in [0.3, 0.4) is 0 Å². The molecule has 3 rings (SSSR count). The maximum Gasteiger partial charge on any atom is 0.255 e. The predicted octanol–water partition coefficient (Wildman–Crippen LogP) is 3.42. The lowest BCUT2D eigenvalue weighted by molar-refractivity contribution is -0.116. The lowest BCUT2D eigenvalue weighted by atomic mass is 10.2. The van der Waals surface area contributed by atoms with E-state index < -0.39 is 11.7 Å². The van der Waals surface area contributed by atoms with E-state index in [1.165, 1.54) is 17.0 Å². The van der Waals surface area contributed by atoms with Crippen LogP contribution >= 0.6 is 11.6 Å². The van der Waals surface area contributed by atoms with Crippen LogP contribution in [-0.2, 0) is 9.53 Å². The van der Waals surface area contributed by atoms with Gasteiger partial charge in [-0.05, 0) is 49.4 Å². The summed E-state index contributed by atoms with van der Waals surface area (Å²) in [7, 11) is 0. The summed E-state index contributed by atoms with van der Waals surface area (Å²) in [5, 5.41) is 2.82. The molecular weight excluding hydrogens is 397 g/mol. The molecule has 1 aliphatic heterocycles. The van der Waals surface area contributed by atoms with Crippen LogP contribution < -0.4 is 10.2 Å². The lowest BCUT2D eigenvalue weighted by Gasteiger charge is -2.29. The van der Waals surface area contributed by atoms with E-state index >= 15 is 0 Å². The molecule has 0 atom stereocenters. The van der Waals surface area contributed by atoms with Crippen molar-refractivity contribution in [3.05, 3.63) is 58.9 Å². The smallest absolute Gasteiger partial charge is 0.255 e. The van der Waals surface area contributed by atoms with E-state index in [0.717, 1.165) is 24.8 Å². The van der Waals surface area contributed by atoms with Gasteiger partial charge in [-0.2, -0.15) is 0 Å². The quantitative estimate of drug-likeness (QED) is 0.779. The number of amides is 2. The van der Waals surface area contributed by atoms with Crippen molar-refractivity contribution in [1.29, 1.82) is 0 Å². The van der Waals surface area contributed by atoms with Crippen LogP contribution in [0.4, 0.5) is 15.8 Å². The number of morpholine rings is 1. The van der Waals surface area contributed by atoms with Crippen LogP contribution in [0.5, 0.6) is 0 Å². The van der Waals surface area contributed by atoms with Gasteiger partial charge >= 0.3 is 0 Å². The molecule has 2 amide bonds. The van der Waals surface area contributed by atoms with E-state index in [2.05, 4.69) is 10.2 Å². The lowest BCUT2D eigenvalue weighted by Crippen LogP contribution is -2.38. The Morgan fingerprint density at radius 3 is 2.48 bits per heavy atom. The number of hydrogen-bond donors (Lipinski definition) is 1. The normalized spacial score (nSPS) is 13.8. The van der Waals surface area contributed by atoms with Gasteiger partial charge in [0.15, 0.2) is 0 Å². The number of carbonyl (C=O) groups is 2. The van der Waals surface area contributed by atoms with Crippen molar-refractivity contribution in [2.45, 2.75) is 6.92 Å². The maximum absolute atomic E-state index is 13.2. The molecule has 1 saturated heterocycles. The van der Waals surface area contributed by atoms with E-state index in [-0.39, 0.29) is 23.0 Å². The molecule has 0 spiro atoms. The first kappa shape index (κ1) is 21.1. The molecule has 0 bridgehead atoms. The minimum absolute atomic E-state index is 0.0209. The number of nitrogens with one attached hydrogen (secondary N) is 1. The number of ether oxygens (including phenoxy) is 1. The van der Waals surface area contributed by atoms with Gasteiger partial charge in [0.25, 0.3) is 5.91 Å². The average molecular weight is 420 g/mol. The van der Waals surface area contributed by atoms with Crippen molar-refractivity contribution in [3.63, 3.8) is 0 Å². The Morgan fingerprint density at radius 2 is 1.86 bits per heavy atom. The molecule has 0 aromatic heterocycles. The second-order valence-electron chi connectivity index (χ2n) is 6.64. The number of benzene rings is 2. The highest BCUT2D eigenvalue weighted by Crippen LogP contribution is 2.20. The van der Waals surface area contributed by atoms with Gasteiger partial charge in [0.1, 0.15) is 12.4 Å². The fourth-order valence-electron chi connectivity index (χ4n) is 3.11. The van der Waals surface area contributed by atoms with Gasteiger partial charge < -0.3 is 19.9 Å². The van der Waals surface area contributed by atoms with Gasteiger partial charge in [-0.15, -0.1) is 0 Å². The molecule has 1 fully saturated rings. The maximum atomic E-state index is 13.2. The van der Waals surface area contributed by atoms with Crippen LogP contribution in [0.15, 0.2) is 42.5 Å². The number of likely N-dealkylation sites (N-methyl/N-ethyl adjacent to an activating group) is 1. The third kappa shape index (κ3) is 5.46. The van der Waals surface area contributed by atoms with Gasteiger partial charge in [0.05, 0.1) is 23.8 Å². The molecule has 2 aromatic carbocycles. The molecule has 1 aliphatic rings. The summed E-state index contributed by atoms with van der Waals surface area (Å²) < 4.78 is 18.6. The van der Waals surface area contributed by atoms with Crippen molar-refractivity contribution < 1.29 is 18.7 Å². The minimum Gasteiger partial charge on any atom is -0.378 e. The van der Waals surface area contributed by atoms with Gasteiger partial charge in [-0.3, -0.25) is 9.59 Å². The fraction of sp³-hybridized carbons (Fsp3) is 0.333. The second kappa shape index (κ2) is 9.71. The highest BCUT2D eigenvalue weighted by Gasteiger charge is 2.20. The van der Waals surface area contributed by atoms with E-state index in [9.17, 15) is 14.0 Å². The summed E-state index contributed by atoms with van der Waals surface area (Å²) in [4.78, 5) is 28.6. The Balaban J connectivity index is 1.60. The zero-order valence-corrected chi connectivity index (χ0v) is 16.9. The predicted molar refractivity (Wildman–Crippen MR) is 111 cm³/mol. The number of rotatable bonds is 6. The monoisotopic (exact) mass is 419 g/mol. The molecule has 0 aliphatic carbocycles. The fourth-order valence-corrected chi connectivity index (χ4v) is 3.36. The van der Waals surface area contributed by atoms with Gasteiger partial charge in [-0.25, -0.2) is 4.39 Å². The van der Waals surface area contributed by atoms with Gasteiger partial charge in [0.2, 0.25) is 5.91 Å². The summed E-state index contributed by atoms with van der Waals surface area (Å²) in [5.41, 5.74) is 1.88. The highest BCUT2D eigenvalue weighted by molar-refractivity contribution is 6.33. The molecule has 2 aromatic rings. The summed E-state index contributed by atoms with van der Waals surface area (Å²) in [6, 6.07) is 11.1. The molecule has 0 saturated carbocycles. The van der Waals surface area contributed by atoms with Crippen molar-refractivity contribution in [2.24, 2.45) is 0 Å². The molecule has 0 unspecified atom stereocenters. The van der Waals surface area contributed by atoms with E-state index in [4.69, 9.17) is 16.3 Å². The first-order chi connectivity index (χ1) is 14.0. The van der Waals surface area contributed by atoms with E-state index in [1.807, 2.05) is 24.3 Å². The SMILES string of the molecule is CCN(CC(=O)Nc1ccc(N2CCOCC2)cc1)C(=O)c1ccc(F)cc1Cl. The van der Waals surface area contributed by atoms with Crippen molar-refractivity contribution in [1.82, 2.24) is 4.90 Å². The summed E-state index contributed by atoms with van der Waals surface area (Å²) in [6.45, 7) is 5.04. The van der Waals surface area contributed by atoms with Crippen LogP contribution in [0, 0.1) is 5.82 Å². The number of carbonyl (C=O) groups excluding carboxylic acids is 2. The summed E-state index contributed by atoms with van der Waals surface area (Å²) in [6.07, 6.45) is 0. The molecule has 1 N–H and O–H groups in total. The molecule has 154 valence electrons. The number of anilines is 2. The average Bonchev–Trinajstić information content (AvgIpc) is 2.73. The Hall–Kier alpha value is -2.64. The van der Waals surface area contributed by atoms with Crippen molar-refractivity contribution in [2.75, 3.05) is 49.6 Å². The zero-order valence-electron chi connectivity index (χ0n) is 16.2. The largest absolute Gasteiger partial charge is 0.378 e. The third-order valence-corrected chi connectivity index (χ3v) is 5.00. The zero-order chi connectivity index (χ0) is 20.8. The summed E-state index contributed by atoms with van der Waals surface area (Å²) in [5.74, 6) is -1.26. The van der Waals surface area contributed by atoms with Crippen LogP contribution in [0.1, 0.15) is 17.3 Å². The molecule has 1 heterocycles. The standard InChI is InChI=1S/C21H23ClFN3O3/c1-2-25(21(28)18-8-3-15(23)13-19(18)22)14-20(27)24-16-4-6-17(7-5-16)26-9-11-29-12-10-26/h3-8,13H,2,9-12,14H2,1H3,(H,24,27). The van der Waals surface area contributed by atoms with Crippen molar-refractivity contribution in [3.8, 4) is 0 Å². The number of hydrogen-bond acceptors (Lipinski definition) is 4. The summed E-state index contributed by atoms with van der Waals surface area (Å²) >= 11 is 5.97. The molecule has 0 radical (unpaired) electrons. The second-order valence-corrected chi connectivity index (χ2v) is 7.05. The highest BCUT2D eigenvalue weighted by atomic mass is 35.5. The Kier molecular flexibility index (Phi) is 7.06. The molecular formula is C21H23ClFN3O3. The number of halogens is 2. The van der Waals surface area contributed by atoms with E-state index in [0.29, 0.717) is 25.4 Å². The Bertz CT molecular complexity index is 870. The van der Waals surface area contributed by atoms with Gasteiger partial charge in [0, 0.05) is 31.0 Å². The minimum atomic E-state index is -0.520. The Morgan fingerprint density at radius 1 is 1.17 bits per heavy atom.